The number of rotatable bonds is 2. The molecule has 0 spiro atoms. The van der Waals surface area contributed by atoms with Crippen LogP contribution >= 0.6 is 15.9 Å². The molecular weight excluding hydrogens is 312 g/mol. The van der Waals surface area contributed by atoms with E-state index < -0.39 is 5.97 Å². The number of carboxylic acid groups (broad SMARTS) is 1. The lowest BCUT2D eigenvalue weighted by molar-refractivity contribution is 0.0684. The highest BCUT2D eigenvalue weighted by atomic mass is 79.9. The maximum absolute atomic E-state index is 11.2. The van der Waals surface area contributed by atoms with Crippen LogP contribution in [-0.4, -0.2) is 27.5 Å². The third kappa shape index (κ3) is 1.92. The Kier molecular flexibility index (Phi) is 2.82. The molecule has 0 radical (unpaired) electrons. The monoisotopic (exact) mass is 322 g/mol. The van der Waals surface area contributed by atoms with E-state index in [1.165, 1.54) is 4.68 Å². The molecule has 19 heavy (non-hydrogen) atoms. The number of hydrogen-bond acceptors (Lipinski definition) is 3. The highest BCUT2D eigenvalue weighted by Crippen LogP contribution is 2.34. The van der Waals surface area contributed by atoms with Gasteiger partial charge in [0.1, 0.15) is 11.4 Å². The number of fused-ring (bicyclic) bond motifs is 1. The minimum Gasteiger partial charge on any atom is -0.493 e. The molecule has 1 aliphatic heterocycles. The molecule has 2 aromatic rings. The van der Waals surface area contributed by atoms with E-state index in [1.54, 1.807) is 7.05 Å². The summed E-state index contributed by atoms with van der Waals surface area (Å²) >= 11 is 3.32. The van der Waals surface area contributed by atoms with E-state index in [-0.39, 0.29) is 5.69 Å². The highest BCUT2D eigenvalue weighted by molar-refractivity contribution is 9.10. The quantitative estimate of drug-likeness (QED) is 0.922. The summed E-state index contributed by atoms with van der Waals surface area (Å²) in [5.74, 6) is -0.105. The van der Waals surface area contributed by atoms with Crippen LogP contribution < -0.4 is 4.74 Å². The van der Waals surface area contributed by atoms with Gasteiger partial charge in [-0.05, 0) is 39.7 Å². The first kappa shape index (κ1) is 12.2. The summed E-state index contributed by atoms with van der Waals surface area (Å²) in [5.41, 5.74) is 2.80. The molecule has 98 valence electrons. The normalized spacial score (nSPS) is 13.2. The Labute approximate surface area is 117 Å². The molecule has 6 heteroatoms. The van der Waals surface area contributed by atoms with Gasteiger partial charge in [-0.3, -0.25) is 4.68 Å². The molecule has 1 N–H and O–H groups in total. The van der Waals surface area contributed by atoms with E-state index in [2.05, 4.69) is 21.0 Å². The lowest BCUT2D eigenvalue weighted by Gasteiger charge is -2.02. The van der Waals surface area contributed by atoms with Gasteiger partial charge in [0.2, 0.25) is 0 Å². The van der Waals surface area contributed by atoms with Crippen LogP contribution in [0.5, 0.6) is 5.75 Å². The largest absolute Gasteiger partial charge is 0.493 e. The SMILES string of the molecule is Cn1nc(-c2ccc3c(c2)CCO3)c(Br)c1C(=O)O. The van der Waals surface area contributed by atoms with Crippen molar-refractivity contribution in [3.63, 3.8) is 0 Å². The third-order valence-electron chi connectivity index (χ3n) is 3.15. The Bertz CT molecular complexity index is 679. The van der Waals surface area contributed by atoms with Crippen molar-refractivity contribution in [3.8, 4) is 17.0 Å². The zero-order chi connectivity index (χ0) is 13.6. The molecule has 0 fully saturated rings. The lowest BCUT2D eigenvalue weighted by atomic mass is 10.1. The minimum absolute atomic E-state index is 0.145. The minimum atomic E-state index is -1.00. The van der Waals surface area contributed by atoms with E-state index in [4.69, 9.17) is 9.84 Å². The number of nitrogens with zero attached hydrogens (tertiary/aromatic N) is 2. The van der Waals surface area contributed by atoms with E-state index in [1.807, 2.05) is 18.2 Å². The number of ether oxygens (including phenoxy) is 1. The van der Waals surface area contributed by atoms with Gasteiger partial charge in [-0.25, -0.2) is 4.79 Å². The van der Waals surface area contributed by atoms with Gasteiger partial charge in [-0.2, -0.15) is 5.10 Å². The topological polar surface area (TPSA) is 64.4 Å². The highest BCUT2D eigenvalue weighted by Gasteiger charge is 2.22. The standard InChI is InChI=1S/C13H11BrN2O3/c1-16-12(13(17)18)10(14)11(15-16)8-2-3-9-7(6-8)4-5-19-9/h2-3,6H,4-5H2,1H3,(H,17,18). The number of hydrogen-bond donors (Lipinski definition) is 1. The number of aryl methyl sites for hydroxylation is 1. The summed E-state index contributed by atoms with van der Waals surface area (Å²) in [7, 11) is 1.62. The van der Waals surface area contributed by atoms with Gasteiger partial charge in [0.05, 0.1) is 11.1 Å². The van der Waals surface area contributed by atoms with Crippen molar-refractivity contribution >= 4 is 21.9 Å². The van der Waals surface area contributed by atoms with Crippen molar-refractivity contribution in [3.05, 3.63) is 33.9 Å². The number of benzene rings is 1. The molecule has 0 aliphatic carbocycles. The second-order valence-corrected chi connectivity index (χ2v) is 5.15. The maximum atomic E-state index is 11.2. The summed E-state index contributed by atoms with van der Waals surface area (Å²) in [6.07, 6.45) is 0.874. The summed E-state index contributed by atoms with van der Waals surface area (Å²) in [5, 5.41) is 13.4. The van der Waals surface area contributed by atoms with Crippen molar-refractivity contribution in [1.82, 2.24) is 9.78 Å². The molecule has 0 unspecified atom stereocenters. The number of halogens is 1. The molecule has 2 heterocycles. The Morgan fingerprint density at radius 1 is 1.53 bits per heavy atom. The molecule has 1 aromatic carbocycles. The molecule has 0 saturated carbocycles. The molecule has 0 atom stereocenters. The van der Waals surface area contributed by atoms with Gasteiger partial charge >= 0.3 is 5.97 Å². The maximum Gasteiger partial charge on any atom is 0.355 e. The van der Waals surface area contributed by atoms with Crippen LogP contribution in [0, 0.1) is 0 Å². The van der Waals surface area contributed by atoms with E-state index in [9.17, 15) is 4.79 Å². The average Bonchev–Trinajstić information content (AvgIpc) is 2.92. The Balaban J connectivity index is 2.12. The fraction of sp³-hybridized carbons (Fsp3) is 0.231. The van der Waals surface area contributed by atoms with Crippen molar-refractivity contribution in [1.29, 1.82) is 0 Å². The molecule has 0 saturated heterocycles. The smallest absolute Gasteiger partial charge is 0.355 e. The van der Waals surface area contributed by atoms with Gasteiger partial charge in [0, 0.05) is 19.0 Å². The van der Waals surface area contributed by atoms with Crippen LogP contribution in [0.2, 0.25) is 0 Å². The number of carbonyl (C=O) groups is 1. The van der Waals surface area contributed by atoms with E-state index in [0.29, 0.717) is 16.8 Å². The van der Waals surface area contributed by atoms with Crippen molar-refractivity contribution in [2.75, 3.05) is 6.61 Å². The number of aromatic nitrogens is 2. The van der Waals surface area contributed by atoms with Gasteiger partial charge in [-0.15, -0.1) is 0 Å². The second kappa shape index (κ2) is 4.38. The fourth-order valence-electron chi connectivity index (χ4n) is 2.25. The predicted molar refractivity (Wildman–Crippen MR) is 72.5 cm³/mol. The first-order chi connectivity index (χ1) is 9.08. The summed E-state index contributed by atoms with van der Waals surface area (Å²) in [4.78, 5) is 11.2. The van der Waals surface area contributed by atoms with Crippen LogP contribution in [0.1, 0.15) is 16.1 Å². The number of aromatic carboxylic acids is 1. The summed E-state index contributed by atoms with van der Waals surface area (Å²) < 4.78 is 7.32. The average molecular weight is 323 g/mol. The van der Waals surface area contributed by atoms with Gasteiger partial charge < -0.3 is 9.84 Å². The van der Waals surface area contributed by atoms with Crippen LogP contribution in [-0.2, 0) is 13.5 Å². The van der Waals surface area contributed by atoms with Crippen LogP contribution in [0.25, 0.3) is 11.3 Å². The van der Waals surface area contributed by atoms with Gasteiger partial charge in [0.15, 0.2) is 5.69 Å². The van der Waals surface area contributed by atoms with Crippen molar-refractivity contribution in [2.45, 2.75) is 6.42 Å². The third-order valence-corrected chi connectivity index (χ3v) is 3.91. The zero-order valence-electron chi connectivity index (χ0n) is 10.2. The molecule has 1 aliphatic rings. The molecule has 0 bridgehead atoms. The van der Waals surface area contributed by atoms with Crippen LogP contribution in [0.3, 0.4) is 0 Å². The van der Waals surface area contributed by atoms with Crippen LogP contribution in [0.4, 0.5) is 0 Å². The summed E-state index contributed by atoms with van der Waals surface area (Å²) in [6.45, 7) is 0.697. The van der Waals surface area contributed by atoms with Gasteiger partial charge in [-0.1, -0.05) is 0 Å². The van der Waals surface area contributed by atoms with E-state index in [0.717, 1.165) is 23.3 Å². The first-order valence-electron chi connectivity index (χ1n) is 5.80. The fourth-order valence-corrected chi connectivity index (χ4v) is 2.98. The van der Waals surface area contributed by atoms with E-state index >= 15 is 0 Å². The van der Waals surface area contributed by atoms with Crippen molar-refractivity contribution in [2.24, 2.45) is 7.05 Å². The van der Waals surface area contributed by atoms with Crippen molar-refractivity contribution < 1.29 is 14.6 Å². The lowest BCUT2D eigenvalue weighted by Crippen LogP contribution is -2.05. The van der Waals surface area contributed by atoms with Crippen LogP contribution in [0.15, 0.2) is 22.7 Å². The molecule has 5 nitrogen and oxygen atoms in total. The molecule has 1 aromatic heterocycles. The Morgan fingerprint density at radius 2 is 2.32 bits per heavy atom. The Hall–Kier alpha value is -1.82. The second-order valence-electron chi connectivity index (χ2n) is 4.36. The first-order valence-corrected chi connectivity index (χ1v) is 6.59. The molecule has 0 amide bonds. The van der Waals surface area contributed by atoms with Gasteiger partial charge in [0.25, 0.3) is 0 Å². The Morgan fingerprint density at radius 3 is 3.00 bits per heavy atom. The molecular formula is C13H11BrN2O3. The predicted octanol–water partition coefficient (Wildman–Crippen LogP) is 2.48. The zero-order valence-corrected chi connectivity index (χ0v) is 11.8. The summed E-state index contributed by atoms with van der Waals surface area (Å²) in [6, 6.07) is 5.79. The molecule has 3 rings (SSSR count). The number of carboxylic acids is 1.